The molecule has 1 aromatic carbocycles. The van der Waals surface area contributed by atoms with Crippen molar-refractivity contribution in [3.63, 3.8) is 0 Å². The molecule has 0 unspecified atom stereocenters. The molecule has 1 heterocycles. The van der Waals surface area contributed by atoms with E-state index < -0.39 is 0 Å². The number of carbonyl (C=O) groups is 1. The molecule has 0 atom stereocenters. The summed E-state index contributed by atoms with van der Waals surface area (Å²) in [6.45, 7) is 0.384. The molecule has 0 fully saturated rings. The third kappa shape index (κ3) is 3.29. The first-order valence-electron chi connectivity index (χ1n) is 5.72. The topological polar surface area (TPSA) is 60.5 Å². The van der Waals surface area contributed by atoms with E-state index in [0.29, 0.717) is 23.7 Å². The van der Waals surface area contributed by atoms with Gasteiger partial charge in [0.2, 0.25) is 0 Å². The Balaban J connectivity index is 2.10. The Bertz CT molecular complexity index is 602. The summed E-state index contributed by atoms with van der Waals surface area (Å²) in [6.07, 6.45) is 0. The molecule has 0 aliphatic heterocycles. The van der Waals surface area contributed by atoms with Crippen LogP contribution in [0, 0.1) is 0 Å². The first-order valence-corrected chi connectivity index (χ1v) is 7.46. The smallest absolute Gasteiger partial charge is 0.271 e. The number of aromatic nitrogens is 1. The minimum absolute atomic E-state index is 0.197. The molecule has 0 spiro atoms. The lowest BCUT2D eigenvalue weighted by Crippen LogP contribution is -2.23. The maximum absolute atomic E-state index is 11.8. The number of benzene rings is 1. The van der Waals surface area contributed by atoms with Gasteiger partial charge in [0.05, 0.1) is 24.2 Å². The second-order valence-electron chi connectivity index (χ2n) is 3.87. The van der Waals surface area contributed by atoms with Gasteiger partial charge < -0.3 is 14.8 Å². The summed E-state index contributed by atoms with van der Waals surface area (Å²) in [5.41, 5.74) is 2.95. The van der Waals surface area contributed by atoms with E-state index in [1.54, 1.807) is 25.1 Å². The van der Waals surface area contributed by atoms with Gasteiger partial charge >= 0.3 is 0 Å². The number of methoxy groups -OCH3 is 2. The first kappa shape index (κ1) is 14.8. The Morgan fingerprint density at radius 3 is 2.80 bits per heavy atom. The van der Waals surface area contributed by atoms with E-state index in [-0.39, 0.29) is 5.91 Å². The highest BCUT2D eigenvalue weighted by Crippen LogP contribution is 2.36. The van der Waals surface area contributed by atoms with Crippen molar-refractivity contribution in [1.82, 2.24) is 10.3 Å². The van der Waals surface area contributed by atoms with Gasteiger partial charge in [0, 0.05) is 11.9 Å². The summed E-state index contributed by atoms with van der Waals surface area (Å²) < 4.78 is 11.3. The summed E-state index contributed by atoms with van der Waals surface area (Å²) in [5.74, 6) is 1.04. The van der Waals surface area contributed by atoms with Crippen molar-refractivity contribution < 1.29 is 14.3 Å². The number of nitrogens with one attached hydrogen (secondary N) is 1. The van der Waals surface area contributed by atoms with Crippen LogP contribution in [-0.4, -0.2) is 25.1 Å². The van der Waals surface area contributed by atoms with Crippen molar-refractivity contribution >= 4 is 33.2 Å². The fraction of sp³-hybridized carbons (Fsp3) is 0.231. The molecule has 2 rings (SSSR count). The van der Waals surface area contributed by atoms with Crippen LogP contribution in [0.5, 0.6) is 11.5 Å². The molecule has 0 aliphatic rings. The van der Waals surface area contributed by atoms with Gasteiger partial charge in [-0.1, -0.05) is 0 Å². The number of halogens is 1. The number of hydrogen-bond acceptors (Lipinski definition) is 5. The first-order chi connectivity index (χ1) is 9.65. The Morgan fingerprint density at radius 2 is 2.20 bits per heavy atom. The van der Waals surface area contributed by atoms with E-state index in [1.807, 2.05) is 12.1 Å². The Kier molecular flexibility index (Phi) is 4.97. The van der Waals surface area contributed by atoms with Crippen LogP contribution in [0.3, 0.4) is 0 Å². The quantitative estimate of drug-likeness (QED) is 0.894. The largest absolute Gasteiger partial charge is 0.493 e. The van der Waals surface area contributed by atoms with Gasteiger partial charge in [0.25, 0.3) is 5.91 Å². The van der Waals surface area contributed by atoms with Crippen LogP contribution in [0.2, 0.25) is 0 Å². The normalized spacial score (nSPS) is 10.2. The van der Waals surface area contributed by atoms with E-state index in [4.69, 9.17) is 9.47 Å². The molecule has 1 amide bonds. The van der Waals surface area contributed by atoms with Crippen molar-refractivity contribution in [3.8, 4) is 11.5 Å². The molecule has 1 N–H and O–H groups in total. The van der Waals surface area contributed by atoms with Crippen LogP contribution < -0.4 is 14.8 Å². The van der Waals surface area contributed by atoms with Gasteiger partial charge in [0.15, 0.2) is 11.5 Å². The van der Waals surface area contributed by atoms with E-state index in [9.17, 15) is 4.79 Å². The van der Waals surface area contributed by atoms with Crippen molar-refractivity contribution in [2.75, 3.05) is 14.2 Å². The number of amides is 1. The summed E-state index contributed by atoms with van der Waals surface area (Å²) in [4.78, 5) is 15.8. The molecule has 0 bridgehead atoms. The van der Waals surface area contributed by atoms with Crippen molar-refractivity contribution in [1.29, 1.82) is 0 Å². The SMILES string of the molecule is COc1cc(CNC(=O)c2cscn2)cc(Br)c1OC. The lowest BCUT2D eigenvalue weighted by atomic mass is 10.2. The highest BCUT2D eigenvalue weighted by molar-refractivity contribution is 9.10. The molecule has 0 saturated heterocycles. The van der Waals surface area contributed by atoms with E-state index in [0.717, 1.165) is 10.0 Å². The lowest BCUT2D eigenvalue weighted by Gasteiger charge is -2.12. The standard InChI is InChI=1S/C13H13BrN2O3S/c1-18-11-4-8(3-9(14)12(11)19-2)5-15-13(17)10-6-20-7-16-10/h3-4,6-7H,5H2,1-2H3,(H,15,17). The minimum Gasteiger partial charge on any atom is -0.493 e. The van der Waals surface area contributed by atoms with Gasteiger partial charge in [0.1, 0.15) is 5.69 Å². The predicted octanol–water partition coefficient (Wildman–Crippen LogP) is 2.85. The lowest BCUT2D eigenvalue weighted by molar-refractivity contribution is 0.0946. The van der Waals surface area contributed by atoms with Crippen LogP contribution in [-0.2, 0) is 6.54 Å². The van der Waals surface area contributed by atoms with E-state index in [2.05, 4.69) is 26.2 Å². The number of carbonyl (C=O) groups excluding carboxylic acids is 1. The number of rotatable bonds is 5. The molecule has 0 aliphatic carbocycles. The number of hydrogen-bond donors (Lipinski definition) is 1. The Labute approximate surface area is 129 Å². The summed E-state index contributed by atoms with van der Waals surface area (Å²) in [7, 11) is 3.15. The molecule has 106 valence electrons. The zero-order valence-corrected chi connectivity index (χ0v) is 13.4. The second-order valence-corrected chi connectivity index (χ2v) is 5.44. The van der Waals surface area contributed by atoms with Crippen LogP contribution >= 0.6 is 27.3 Å². The van der Waals surface area contributed by atoms with Crippen LogP contribution in [0.1, 0.15) is 16.1 Å². The van der Waals surface area contributed by atoms with E-state index in [1.165, 1.54) is 11.3 Å². The molecule has 0 saturated carbocycles. The highest BCUT2D eigenvalue weighted by atomic mass is 79.9. The Hall–Kier alpha value is -1.60. The average molecular weight is 357 g/mol. The van der Waals surface area contributed by atoms with Gasteiger partial charge in [-0.3, -0.25) is 4.79 Å². The zero-order valence-electron chi connectivity index (χ0n) is 11.0. The third-order valence-corrected chi connectivity index (χ3v) is 3.79. The van der Waals surface area contributed by atoms with Crippen LogP contribution in [0.25, 0.3) is 0 Å². The molecular weight excluding hydrogens is 344 g/mol. The maximum atomic E-state index is 11.8. The second kappa shape index (κ2) is 6.71. The monoisotopic (exact) mass is 356 g/mol. The fourth-order valence-corrected chi connectivity index (χ4v) is 2.85. The number of thiazole rings is 1. The molecule has 0 radical (unpaired) electrons. The van der Waals surface area contributed by atoms with E-state index >= 15 is 0 Å². The van der Waals surface area contributed by atoms with Crippen molar-refractivity contribution in [3.05, 3.63) is 38.8 Å². The molecule has 20 heavy (non-hydrogen) atoms. The van der Waals surface area contributed by atoms with Crippen LogP contribution in [0.15, 0.2) is 27.5 Å². The molecule has 1 aromatic heterocycles. The summed E-state index contributed by atoms with van der Waals surface area (Å²) in [5, 5.41) is 4.51. The van der Waals surface area contributed by atoms with Gasteiger partial charge in [-0.25, -0.2) is 4.98 Å². The van der Waals surface area contributed by atoms with Gasteiger partial charge in [-0.15, -0.1) is 11.3 Å². The molecular formula is C13H13BrN2O3S. The van der Waals surface area contributed by atoms with Crippen molar-refractivity contribution in [2.45, 2.75) is 6.54 Å². The summed E-state index contributed by atoms with van der Waals surface area (Å²) >= 11 is 4.80. The Morgan fingerprint density at radius 1 is 1.40 bits per heavy atom. The van der Waals surface area contributed by atoms with Crippen LogP contribution in [0.4, 0.5) is 0 Å². The molecule has 5 nitrogen and oxygen atoms in total. The fourth-order valence-electron chi connectivity index (χ4n) is 1.67. The minimum atomic E-state index is -0.197. The number of ether oxygens (including phenoxy) is 2. The zero-order chi connectivity index (χ0) is 14.5. The average Bonchev–Trinajstić information content (AvgIpc) is 2.98. The third-order valence-electron chi connectivity index (χ3n) is 2.61. The van der Waals surface area contributed by atoms with Gasteiger partial charge in [-0.05, 0) is 33.6 Å². The highest BCUT2D eigenvalue weighted by Gasteiger charge is 2.12. The van der Waals surface area contributed by atoms with Gasteiger partial charge in [-0.2, -0.15) is 0 Å². The predicted molar refractivity (Wildman–Crippen MR) is 80.5 cm³/mol. The molecule has 2 aromatic rings. The van der Waals surface area contributed by atoms with Crippen molar-refractivity contribution in [2.24, 2.45) is 0 Å². The summed E-state index contributed by atoms with van der Waals surface area (Å²) in [6, 6.07) is 3.70. The number of nitrogens with zero attached hydrogens (tertiary/aromatic N) is 1. The maximum Gasteiger partial charge on any atom is 0.271 e. The molecule has 7 heteroatoms.